The lowest BCUT2D eigenvalue weighted by Crippen LogP contribution is -2.26. The molecule has 0 fully saturated rings. The number of benzene rings is 1. The van der Waals surface area contributed by atoms with Gasteiger partial charge in [-0.1, -0.05) is 11.8 Å². The summed E-state index contributed by atoms with van der Waals surface area (Å²) in [6, 6.07) is 7.54. The van der Waals surface area contributed by atoms with Crippen LogP contribution in [-0.2, 0) is 0 Å². The number of nitrogens with one attached hydrogen (secondary N) is 1. The zero-order valence-electron chi connectivity index (χ0n) is 12.1. The third kappa shape index (κ3) is 3.94. The van der Waals surface area contributed by atoms with Crippen molar-refractivity contribution in [1.82, 2.24) is 5.32 Å². The second-order valence-electron chi connectivity index (χ2n) is 4.79. The molecule has 0 aliphatic rings. The predicted octanol–water partition coefficient (Wildman–Crippen LogP) is 2.86. The molecule has 1 aromatic carbocycles. The van der Waals surface area contributed by atoms with E-state index in [-0.39, 0.29) is 11.9 Å². The summed E-state index contributed by atoms with van der Waals surface area (Å²) in [6.07, 6.45) is 0. The molecule has 21 heavy (non-hydrogen) atoms. The van der Waals surface area contributed by atoms with Gasteiger partial charge < -0.3 is 11.1 Å². The maximum atomic E-state index is 12.3. The molecule has 3 nitrogen and oxygen atoms in total. The van der Waals surface area contributed by atoms with Crippen LogP contribution in [0.25, 0.3) is 0 Å². The van der Waals surface area contributed by atoms with Crippen LogP contribution in [0.4, 0.5) is 0 Å². The van der Waals surface area contributed by atoms with Crippen LogP contribution in [0, 0.1) is 18.8 Å². The van der Waals surface area contributed by atoms with Crippen molar-refractivity contribution in [3.05, 3.63) is 57.3 Å². The number of carbonyl (C=O) groups excluding carboxylic acids is 1. The maximum Gasteiger partial charge on any atom is 0.251 e. The molecule has 2 rings (SSSR count). The van der Waals surface area contributed by atoms with E-state index in [0.717, 1.165) is 16.7 Å². The number of carbonyl (C=O) groups is 1. The van der Waals surface area contributed by atoms with Crippen molar-refractivity contribution in [3.8, 4) is 11.8 Å². The van der Waals surface area contributed by atoms with E-state index in [2.05, 4.69) is 17.2 Å². The number of hydrogen-bond donors (Lipinski definition) is 2. The molecule has 0 saturated heterocycles. The Bertz CT molecular complexity index is 681. The first-order valence-electron chi connectivity index (χ1n) is 6.74. The zero-order chi connectivity index (χ0) is 15.2. The second kappa shape index (κ2) is 7.07. The summed E-state index contributed by atoms with van der Waals surface area (Å²) in [4.78, 5) is 12.3. The molecule has 2 aromatic rings. The van der Waals surface area contributed by atoms with Gasteiger partial charge in [0.25, 0.3) is 5.91 Å². The van der Waals surface area contributed by atoms with Gasteiger partial charge in [0.15, 0.2) is 0 Å². The van der Waals surface area contributed by atoms with Crippen LogP contribution in [-0.4, -0.2) is 12.5 Å². The van der Waals surface area contributed by atoms with Gasteiger partial charge in [0.05, 0.1) is 12.6 Å². The van der Waals surface area contributed by atoms with Crippen LogP contribution in [0.5, 0.6) is 0 Å². The van der Waals surface area contributed by atoms with Crippen LogP contribution in [0.1, 0.15) is 40.0 Å². The first-order valence-corrected chi connectivity index (χ1v) is 7.68. The summed E-state index contributed by atoms with van der Waals surface area (Å²) in [5.41, 5.74) is 9.02. The lowest BCUT2D eigenvalue weighted by atomic mass is 10.0. The smallest absolute Gasteiger partial charge is 0.251 e. The third-order valence-electron chi connectivity index (χ3n) is 3.20. The molecule has 4 heteroatoms. The summed E-state index contributed by atoms with van der Waals surface area (Å²) >= 11 is 1.63. The average Bonchev–Trinajstić information content (AvgIpc) is 3.00. The lowest BCUT2D eigenvalue weighted by molar-refractivity contribution is 0.0940. The summed E-state index contributed by atoms with van der Waals surface area (Å²) in [5, 5.41) is 7.05. The molecule has 108 valence electrons. The fourth-order valence-electron chi connectivity index (χ4n) is 1.98. The standard InChI is InChI=1S/C17H18N2OS/c1-12-10-15(6-5-14(12)4-3-8-18)17(20)19-13(2)16-7-9-21-11-16/h5-7,9-11,13H,8,18H2,1-2H3,(H,19,20). The molecule has 0 saturated carbocycles. The molecule has 0 radical (unpaired) electrons. The predicted molar refractivity (Wildman–Crippen MR) is 87.3 cm³/mol. The minimum Gasteiger partial charge on any atom is -0.345 e. The highest BCUT2D eigenvalue weighted by atomic mass is 32.1. The molecule has 0 spiro atoms. The van der Waals surface area contributed by atoms with Gasteiger partial charge in [0, 0.05) is 11.1 Å². The molecule has 1 unspecified atom stereocenters. The molecule has 0 bridgehead atoms. The van der Waals surface area contributed by atoms with E-state index in [1.54, 1.807) is 17.4 Å². The average molecular weight is 298 g/mol. The van der Waals surface area contributed by atoms with E-state index < -0.39 is 0 Å². The van der Waals surface area contributed by atoms with Gasteiger partial charge in [-0.05, 0) is 60.0 Å². The van der Waals surface area contributed by atoms with Crippen LogP contribution in [0.2, 0.25) is 0 Å². The van der Waals surface area contributed by atoms with Crippen molar-refractivity contribution in [2.75, 3.05) is 6.54 Å². The maximum absolute atomic E-state index is 12.3. The highest BCUT2D eigenvalue weighted by Gasteiger charge is 2.12. The van der Waals surface area contributed by atoms with Crippen molar-refractivity contribution in [2.24, 2.45) is 5.73 Å². The largest absolute Gasteiger partial charge is 0.345 e. The number of nitrogens with two attached hydrogens (primary N) is 1. The topological polar surface area (TPSA) is 55.1 Å². The Hall–Kier alpha value is -2.09. The number of thiophene rings is 1. The minimum absolute atomic E-state index is 0.000708. The Morgan fingerprint density at radius 3 is 2.86 bits per heavy atom. The van der Waals surface area contributed by atoms with Gasteiger partial charge in [0.1, 0.15) is 0 Å². The summed E-state index contributed by atoms with van der Waals surface area (Å²) in [5.74, 6) is 5.75. The normalized spacial score (nSPS) is 11.4. The number of rotatable bonds is 3. The van der Waals surface area contributed by atoms with Gasteiger partial charge in [-0.25, -0.2) is 0 Å². The lowest BCUT2D eigenvalue weighted by Gasteiger charge is -2.13. The Morgan fingerprint density at radius 1 is 1.43 bits per heavy atom. The van der Waals surface area contributed by atoms with Crippen molar-refractivity contribution < 1.29 is 4.79 Å². The van der Waals surface area contributed by atoms with Crippen molar-refractivity contribution in [2.45, 2.75) is 19.9 Å². The highest BCUT2D eigenvalue weighted by Crippen LogP contribution is 2.17. The van der Waals surface area contributed by atoms with Crippen molar-refractivity contribution in [3.63, 3.8) is 0 Å². The number of aryl methyl sites for hydroxylation is 1. The second-order valence-corrected chi connectivity index (χ2v) is 5.57. The summed E-state index contributed by atoms with van der Waals surface area (Å²) < 4.78 is 0. The first kappa shape index (κ1) is 15.3. The summed E-state index contributed by atoms with van der Waals surface area (Å²) in [7, 11) is 0. The zero-order valence-corrected chi connectivity index (χ0v) is 13.0. The van der Waals surface area contributed by atoms with E-state index >= 15 is 0 Å². The van der Waals surface area contributed by atoms with E-state index in [4.69, 9.17) is 5.73 Å². The van der Waals surface area contributed by atoms with E-state index in [9.17, 15) is 4.79 Å². The Morgan fingerprint density at radius 2 is 2.24 bits per heavy atom. The van der Waals surface area contributed by atoms with Crippen LogP contribution < -0.4 is 11.1 Å². The molecule has 1 amide bonds. The van der Waals surface area contributed by atoms with Crippen LogP contribution in [0.3, 0.4) is 0 Å². The monoisotopic (exact) mass is 298 g/mol. The Kier molecular flexibility index (Phi) is 5.15. The highest BCUT2D eigenvalue weighted by molar-refractivity contribution is 7.07. The molecule has 1 atom stereocenters. The molecular weight excluding hydrogens is 280 g/mol. The Labute approximate surface area is 129 Å². The third-order valence-corrected chi connectivity index (χ3v) is 3.91. The van der Waals surface area contributed by atoms with Crippen molar-refractivity contribution in [1.29, 1.82) is 0 Å². The molecule has 0 aliphatic heterocycles. The quantitative estimate of drug-likeness (QED) is 0.856. The van der Waals surface area contributed by atoms with Gasteiger partial charge in [-0.3, -0.25) is 4.79 Å². The van der Waals surface area contributed by atoms with Crippen LogP contribution in [0.15, 0.2) is 35.0 Å². The number of hydrogen-bond acceptors (Lipinski definition) is 3. The van der Waals surface area contributed by atoms with Gasteiger partial charge in [-0.15, -0.1) is 0 Å². The van der Waals surface area contributed by atoms with E-state index in [1.165, 1.54) is 0 Å². The molecule has 0 aliphatic carbocycles. The van der Waals surface area contributed by atoms with Gasteiger partial charge in [-0.2, -0.15) is 11.3 Å². The molecular formula is C17H18N2OS. The first-order chi connectivity index (χ1) is 10.1. The van der Waals surface area contributed by atoms with Gasteiger partial charge >= 0.3 is 0 Å². The fourth-order valence-corrected chi connectivity index (χ4v) is 2.73. The SMILES string of the molecule is Cc1cc(C(=O)NC(C)c2ccsc2)ccc1C#CCN. The number of amides is 1. The van der Waals surface area contributed by atoms with Gasteiger partial charge in [0.2, 0.25) is 0 Å². The fraction of sp³-hybridized carbons (Fsp3) is 0.235. The molecule has 3 N–H and O–H groups in total. The Balaban J connectivity index is 2.11. The summed E-state index contributed by atoms with van der Waals surface area (Å²) in [6.45, 7) is 4.26. The molecule has 1 aromatic heterocycles. The molecule has 1 heterocycles. The van der Waals surface area contributed by atoms with E-state index in [0.29, 0.717) is 12.1 Å². The van der Waals surface area contributed by atoms with E-state index in [1.807, 2.05) is 42.8 Å². The van der Waals surface area contributed by atoms with Crippen molar-refractivity contribution >= 4 is 17.2 Å². The minimum atomic E-state index is -0.0739. The van der Waals surface area contributed by atoms with Crippen LogP contribution >= 0.6 is 11.3 Å².